The Kier molecular flexibility index (Phi) is 4.05. The quantitative estimate of drug-likeness (QED) is 0.720. The fraction of sp³-hybridized carbons (Fsp3) is 0.400. The van der Waals surface area contributed by atoms with Gasteiger partial charge in [0.1, 0.15) is 5.69 Å². The van der Waals surface area contributed by atoms with Gasteiger partial charge in [0.05, 0.1) is 0 Å². The van der Waals surface area contributed by atoms with Crippen LogP contribution in [0.5, 0.6) is 0 Å². The van der Waals surface area contributed by atoms with E-state index in [4.69, 9.17) is 5.73 Å². The van der Waals surface area contributed by atoms with Gasteiger partial charge in [-0.25, -0.2) is 0 Å². The lowest BCUT2D eigenvalue weighted by molar-refractivity contribution is 0.0788. The highest BCUT2D eigenvalue weighted by Gasteiger charge is 2.11. The first-order chi connectivity index (χ1) is 7.15. The number of nitrogens with two attached hydrogens (primary N) is 1. The van der Waals surface area contributed by atoms with Crippen molar-refractivity contribution < 1.29 is 4.79 Å². The molecule has 0 aliphatic carbocycles. The van der Waals surface area contributed by atoms with Crippen LogP contribution in [0.3, 0.4) is 0 Å². The Morgan fingerprint density at radius 2 is 2.27 bits per heavy atom. The molecular formula is C10H15N3O2. The van der Waals surface area contributed by atoms with E-state index in [1.54, 1.807) is 19.2 Å². The summed E-state index contributed by atoms with van der Waals surface area (Å²) in [6.45, 7) is 1.13. The van der Waals surface area contributed by atoms with Crippen molar-refractivity contribution in [3.05, 3.63) is 34.2 Å². The molecule has 0 bridgehead atoms. The Hall–Kier alpha value is -1.62. The fourth-order valence-corrected chi connectivity index (χ4v) is 1.21. The largest absolute Gasteiger partial charge is 0.340 e. The lowest BCUT2D eigenvalue weighted by Crippen LogP contribution is -2.30. The van der Waals surface area contributed by atoms with Crippen LogP contribution in [0, 0.1) is 0 Å². The van der Waals surface area contributed by atoms with E-state index in [0.717, 1.165) is 6.42 Å². The van der Waals surface area contributed by atoms with Crippen molar-refractivity contribution in [1.29, 1.82) is 0 Å². The number of hydrogen-bond acceptors (Lipinski definition) is 3. The SMILES string of the molecule is CN(CCCN)C(=O)c1cccc(=O)[nH]1. The molecule has 0 fully saturated rings. The second-order valence-corrected chi connectivity index (χ2v) is 3.30. The van der Waals surface area contributed by atoms with Crippen molar-refractivity contribution in [2.75, 3.05) is 20.1 Å². The summed E-state index contributed by atoms with van der Waals surface area (Å²) in [5.41, 5.74) is 5.38. The Labute approximate surface area is 87.9 Å². The fourth-order valence-electron chi connectivity index (χ4n) is 1.21. The van der Waals surface area contributed by atoms with E-state index >= 15 is 0 Å². The van der Waals surface area contributed by atoms with Crippen LogP contribution >= 0.6 is 0 Å². The summed E-state index contributed by atoms with van der Waals surface area (Å²) in [7, 11) is 1.68. The van der Waals surface area contributed by atoms with E-state index in [-0.39, 0.29) is 11.5 Å². The number of amides is 1. The summed E-state index contributed by atoms with van der Waals surface area (Å²) in [6, 6.07) is 4.52. The van der Waals surface area contributed by atoms with Crippen LogP contribution in [0.15, 0.2) is 23.0 Å². The zero-order valence-electron chi connectivity index (χ0n) is 8.69. The number of H-pyrrole nitrogens is 1. The Balaban J connectivity index is 2.72. The number of nitrogens with one attached hydrogen (secondary N) is 1. The summed E-state index contributed by atoms with van der Waals surface area (Å²) < 4.78 is 0. The number of nitrogens with zero attached hydrogens (tertiary/aromatic N) is 1. The summed E-state index contributed by atoms with van der Waals surface area (Å²) in [5, 5.41) is 0. The lowest BCUT2D eigenvalue weighted by Gasteiger charge is -2.15. The molecule has 0 radical (unpaired) electrons. The first kappa shape index (κ1) is 11.5. The number of carbonyl (C=O) groups excluding carboxylic acids is 1. The molecule has 0 atom stereocenters. The molecule has 1 heterocycles. The highest BCUT2D eigenvalue weighted by atomic mass is 16.2. The van der Waals surface area contributed by atoms with Crippen molar-refractivity contribution in [1.82, 2.24) is 9.88 Å². The lowest BCUT2D eigenvalue weighted by atomic mass is 10.3. The molecule has 82 valence electrons. The molecule has 15 heavy (non-hydrogen) atoms. The molecule has 1 aromatic rings. The van der Waals surface area contributed by atoms with Crippen molar-refractivity contribution in [3.8, 4) is 0 Å². The third kappa shape index (κ3) is 3.21. The number of rotatable bonds is 4. The van der Waals surface area contributed by atoms with E-state index in [1.165, 1.54) is 11.0 Å². The van der Waals surface area contributed by atoms with Crippen LogP contribution in [0.25, 0.3) is 0 Å². The first-order valence-electron chi connectivity index (χ1n) is 4.80. The van der Waals surface area contributed by atoms with Gasteiger partial charge in [-0.15, -0.1) is 0 Å². The number of aromatic amines is 1. The van der Waals surface area contributed by atoms with E-state index < -0.39 is 0 Å². The van der Waals surface area contributed by atoms with Gasteiger partial charge in [-0.1, -0.05) is 6.07 Å². The van der Waals surface area contributed by atoms with E-state index in [0.29, 0.717) is 18.8 Å². The molecule has 5 nitrogen and oxygen atoms in total. The molecule has 3 N–H and O–H groups in total. The van der Waals surface area contributed by atoms with Crippen LogP contribution < -0.4 is 11.3 Å². The van der Waals surface area contributed by atoms with Crippen LogP contribution in [0.1, 0.15) is 16.9 Å². The summed E-state index contributed by atoms with van der Waals surface area (Å²) in [4.78, 5) is 26.7. The minimum Gasteiger partial charge on any atom is -0.340 e. The normalized spacial score (nSPS) is 10.0. The molecule has 0 aliphatic heterocycles. The van der Waals surface area contributed by atoms with Gasteiger partial charge in [0.2, 0.25) is 5.56 Å². The topological polar surface area (TPSA) is 79.2 Å². The van der Waals surface area contributed by atoms with Crippen LogP contribution in [0.4, 0.5) is 0 Å². The minimum absolute atomic E-state index is 0.193. The van der Waals surface area contributed by atoms with Gasteiger partial charge in [0, 0.05) is 19.7 Å². The molecule has 5 heteroatoms. The molecule has 1 aromatic heterocycles. The standard InChI is InChI=1S/C10H15N3O2/c1-13(7-3-6-11)10(15)8-4-2-5-9(14)12-8/h2,4-5H,3,6-7,11H2,1H3,(H,12,14). The highest BCUT2D eigenvalue weighted by molar-refractivity contribution is 5.91. The average molecular weight is 209 g/mol. The van der Waals surface area contributed by atoms with Gasteiger partial charge in [0.25, 0.3) is 5.91 Å². The predicted molar refractivity (Wildman–Crippen MR) is 57.7 cm³/mol. The Morgan fingerprint density at radius 1 is 1.53 bits per heavy atom. The van der Waals surface area contributed by atoms with E-state index in [9.17, 15) is 9.59 Å². The first-order valence-corrected chi connectivity index (χ1v) is 4.80. The van der Waals surface area contributed by atoms with Crippen LogP contribution in [-0.2, 0) is 0 Å². The molecule has 0 unspecified atom stereocenters. The zero-order valence-corrected chi connectivity index (χ0v) is 8.69. The molecular weight excluding hydrogens is 194 g/mol. The highest BCUT2D eigenvalue weighted by Crippen LogP contribution is 1.97. The predicted octanol–water partition coefficient (Wildman–Crippen LogP) is -0.204. The molecule has 1 amide bonds. The van der Waals surface area contributed by atoms with Gasteiger partial charge in [-0.3, -0.25) is 9.59 Å². The van der Waals surface area contributed by atoms with Gasteiger partial charge < -0.3 is 15.6 Å². The van der Waals surface area contributed by atoms with Crippen molar-refractivity contribution in [2.24, 2.45) is 5.73 Å². The maximum Gasteiger partial charge on any atom is 0.270 e. The van der Waals surface area contributed by atoms with Crippen molar-refractivity contribution in [3.63, 3.8) is 0 Å². The third-order valence-electron chi connectivity index (χ3n) is 2.04. The third-order valence-corrected chi connectivity index (χ3v) is 2.04. The van der Waals surface area contributed by atoms with E-state index in [1.807, 2.05) is 0 Å². The number of pyridine rings is 1. The van der Waals surface area contributed by atoms with Gasteiger partial charge in [0.15, 0.2) is 0 Å². The van der Waals surface area contributed by atoms with Gasteiger partial charge in [-0.2, -0.15) is 0 Å². The molecule has 1 rings (SSSR count). The second kappa shape index (κ2) is 5.31. The Morgan fingerprint density at radius 3 is 2.87 bits per heavy atom. The van der Waals surface area contributed by atoms with Gasteiger partial charge in [-0.05, 0) is 19.0 Å². The number of hydrogen-bond donors (Lipinski definition) is 2. The monoisotopic (exact) mass is 209 g/mol. The van der Waals surface area contributed by atoms with Crippen LogP contribution in [0.2, 0.25) is 0 Å². The second-order valence-electron chi connectivity index (χ2n) is 3.30. The van der Waals surface area contributed by atoms with Crippen LogP contribution in [-0.4, -0.2) is 35.9 Å². The summed E-state index contributed by atoms with van der Waals surface area (Å²) >= 11 is 0. The smallest absolute Gasteiger partial charge is 0.270 e. The zero-order chi connectivity index (χ0) is 11.3. The molecule has 0 aliphatic rings. The van der Waals surface area contributed by atoms with Gasteiger partial charge >= 0.3 is 0 Å². The molecule has 0 spiro atoms. The maximum atomic E-state index is 11.7. The van der Waals surface area contributed by atoms with Crippen molar-refractivity contribution in [2.45, 2.75) is 6.42 Å². The maximum absolute atomic E-state index is 11.7. The minimum atomic E-state index is -0.270. The number of aromatic nitrogens is 1. The van der Waals surface area contributed by atoms with E-state index in [2.05, 4.69) is 4.98 Å². The number of carbonyl (C=O) groups is 1. The van der Waals surface area contributed by atoms with Crippen molar-refractivity contribution >= 4 is 5.91 Å². The molecule has 0 saturated carbocycles. The molecule has 0 aromatic carbocycles. The Bertz CT molecular complexity index is 386. The summed E-state index contributed by atoms with van der Waals surface area (Å²) in [6.07, 6.45) is 0.749. The molecule has 0 saturated heterocycles. The average Bonchev–Trinajstić information content (AvgIpc) is 2.24. The summed E-state index contributed by atoms with van der Waals surface area (Å²) in [5.74, 6) is -0.193.